The smallest absolute Gasteiger partial charge is 0.251 e. The standard InChI is InChI=1S/C15H23N3O2/c1-18-6-4-3-5-13(18)10-17-15(19)11-7-12(16)9-14(8-11)20-2/h7-9,13H,3-6,10,16H2,1-2H3,(H,17,19). The van der Waals surface area contributed by atoms with Crippen molar-refractivity contribution in [3.8, 4) is 5.75 Å². The van der Waals surface area contributed by atoms with Crippen LogP contribution in [0.4, 0.5) is 5.69 Å². The highest BCUT2D eigenvalue weighted by molar-refractivity contribution is 5.95. The molecule has 0 aromatic heterocycles. The molecule has 1 fully saturated rings. The number of anilines is 1. The minimum atomic E-state index is -0.102. The van der Waals surface area contributed by atoms with Gasteiger partial charge in [0.2, 0.25) is 0 Å². The largest absolute Gasteiger partial charge is 0.497 e. The fourth-order valence-electron chi connectivity index (χ4n) is 2.59. The minimum absolute atomic E-state index is 0.102. The van der Waals surface area contributed by atoms with Gasteiger partial charge < -0.3 is 20.7 Å². The normalized spacial score (nSPS) is 19.6. The Bertz CT molecular complexity index is 476. The molecule has 1 unspecified atom stereocenters. The van der Waals surface area contributed by atoms with Gasteiger partial charge in [-0.25, -0.2) is 0 Å². The van der Waals surface area contributed by atoms with Crippen LogP contribution in [0.25, 0.3) is 0 Å². The second kappa shape index (κ2) is 6.61. The maximum atomic E-state index is 12.2. The molecule has 1 aromatic rings. The first-order valence-electron chi connectivity index (χ1n) is 7.03. The number of likely N-dealkylation sites (N-methyl/N-ethyl adjacent to an activating group) is 1. The Morgan fingerprint density at radius 3 is 2.95 bits per heavy atom. The van der Waals surface area contributed by atoms with Crippen LogP contribution in [0.15, 0.2) is 18.2 Å². The predicted molar refractivity (Wildman–Crippen MR) is 80.0 cm³/mol. The van der Waals surface area contributed by atoms with E-state index in [0.717, 1.165) is 13.0 Å². The van der Waals surface area contributed by atoms with Gasteiger partial charge >= 0.3 is 0 Å². The number of nitrogens with one attached hydrogen (secondary N) is 1. The van der Waals surface area contributed by atoms with Crippen LogP contribution in [0.1, 0.15) is 29.6 Å². The van der Waals surface area contributed by atoms with Crippen LogP contribution in [0.5, 0.6) is 5.75 Å². The average Bonchev–Trinajstić information content (AvgIpc) is 2.45. The van der Waals surface area contributed by atoms with Crippen LogP contribution < -0.4 is 15.8 Å². The first-order valence-corrected chi connectivity index (χ1v) is 7.03. The summed E-state index contributed by atoms with van der Waals surface area (Å²) in [6.45, 7) is 1.78. The zero-order valence-electron chi connectivity index (χ0n) is 12.2. The molecule has 1 aromatic carbocycles. The van der Waals surface area contributed by atoms with Gasteiger partial charge in [-0.1, -0.05) is 6.42 Å². The summed E-state index contributed by atoms with van der Waals surface area (Å²) in [5.74, 6) is 0.500. The van der Waals surface area contributed by atoms with E-state index in [9.17, 15) is 4.79 Å². The summed E-state index contributed by atoms with van der Waals surface area (Å²) in [5, 5.41) is 2.99. The SMILES string of the molecule is COc1cc(N)cc(C(=O)NCC2CCCCN2C)c1. The molecule has 3 N–H and O–H groups in total. The molecule has 20 heavy (non-hydrogen) atoms. The summed E-state index contributed by atoms with van der Waals surface area (Å²) >= 11 is 0. The minimum Gasteiger partial charge on any atom is -0.497 e. The molecule has 1 saturated heterocycles. The van der Waals surface area contributed by atoms with Crippen LogP contribution in [0.3, 0.4) is 0 Å². The van der Waals surface area contributed by atoms with E-state index in [1.807, 2.05) is 0 Å². The number of piperidine rings is 1. The summed E-state index contributed by atoms with van der Waals surface area (Å²) < 4.78 is 5.13. The summed E-state index contributed by atoms with van der Waals surface area (Å²) in [7, 11) is 3.67. The number of methoxy groups -OCH3 is 1. The Hall–Kier alpha value is -1.75. The molecule has 2 rings (SSSR count). The Labute approximate surface area is 120 Å². The second-order valence-corrected chi connectivity index (χ2v) is 5.34. The molecule has 1 aliphatic heterocycles. The molecular weight excluding hydrogens is 254 g/mol. The number of carbonyl (C=O) groups excluding carboxylic acids is 1. The van der Waals surface area contributed by atoms with Gasteiger partial charge in [0, 0.05) is 29.9 Å². The molecule has 0 aliphatic carbocycles. The number of likely N-dealkylation sites (tertiary alicyclic amines) is 1. The number of nitrogens with zero attached hydrogens (tertiary/aromatic N) is 1. The van der Waals surface area contributed by atoms with Crippen molar-refractivity contribution in [2.75, 3.05) is 33.0 Å². The van der Waals surface area contributed by atoms with Gasteiger partial charge in [-0.2, -0.15) is 0 Å². The van der Waals surface area contributed by atoms with Crippen LogP contribution in [0, 0.1) is 0 Å². The molecule has 1 amide bonds. The van der Waals surface area contributed by atoms with Gasteiger partial charge in [0.25, 0.3) is 5.91 Å². The predicted octanol–water partition coefficient (Wildman–Crippen LogP) is 1.49. The van der Waals surface area contributed by atoms with E-state index in [2.05, 4.69) is 17.3 Å². The maximum absolute atomic E-state index is 12.2. The van der Waals surface area contributed by atoms with Crippen molar-refractivity contribution in [2.45, 2.75) is 25.3 Å². The third kappa shape index (κ3) is 3.63. The highest BCUT2D eigenvalue weighted by Crippen LogP contribution is 2.19. The molecule has 0 radical (unpaired) electrons. The lowest BCUT2D eigenvalue weighted by Crippen LogP contribution is -2.44. The first kappa shape index (κ1) is 14.7. The number of nitrogen functional groups attached to an aromatic ring is 1. The summed E-state index contributed by atoms with van der Waals surface area (Å²) in [4.78, 5) is 14.5. The number of carbonyl (C=O) groups is 1. The van der Waals surface area contributed by atoms with E-state index in [1.54, 1.807) is 25.3 Å². The van der Waals surface area contributed by atoms with Crippen molar-refractivity contribution < 1.29 is 9.53 Å². The number of amides is 1. The van der Waals surface area contributed by atoms with Crippen molar-refractivity contribution in [1.29, 1.82) is 0 Å². The van der Waals surface area contributed by atoms with E-state index in [1.165, 1.54) is 12.8 Å². The Balaban J connectivity index is 1.96. The van der Waals surface area contributed by atoms with Crippen molar-refractivity contribution in [1.82, 2.24) is 10.2 Å². The number of ether oxygens (including phenoxy) is 1. The lowest BCUT2D eigenvalue weighted by molar-refractivity contribution is 0.0928. The van der Waals surface area contributed by atoms with E-state index >= 15 is 0 Å². The van der Waals surface area contributed by atoms with E-state index in [-0.39, 0.29) is 5.91 Å². The Kier molecular flexibility index (Phi) is 4.84. The Morgan fingerprint density at radius 2 is 2.25 bits per heavy atom. The van der Waals surface area contributed by atoms with Gasteiger partial charge in [0.05, 0.1) is 7.11 Å². The topological polar surface area (TPSA) is 67.6 Å². The molecule has 5 heteroatoms. The fraction of sp³-hybridized carbons (Fsp3) is 0.533. The summed E-state index contributed by atoms with van der Waals surface area (Å²) in [5.41, 5.74) is 6.84. The molecule has 110 valence electrons. The van der Waals surface area contributed by atoms with E-state index < -0.39 is 0 Å². The van der Waals surface area contributed by atoms with Crippen molar-refractivity contribution in [3.05, 3.63) is 23.8 Å². The molecular formula is C15H23N3O2. The zero-order chi connectivity index (χ0) is 14.5. The molecule has 0 saturated carbocycles. The highest BCUT2D eigenvalue weighted by Gasteiger charge is 2.19. The lowest BCUT2D eigenvalue weighted by atomic mass is 10.0. The number of nitrogens with two attached hydrogens (primary N) is 1. The van der Waals surface area contributed by atoms with E-state index in [4.69, 9.17) is 10.5 Å². The van der Waals surface area contributed by atoms with Crippen molar-refractivity contribution >= 4 is 11.6 Å². The van der Waals surface area contributed by atoms with Crippen LogP contribution in [0.2, 0.25) is 0 Å². The number of benzene rings is 1. The average molecular weight is 277 g/mol. The third-order valence-electron chi connectivity index (χ3n) is 3.85. The molecule has 1 atom stereocenters. The summed E-state index contributed by atoms with van der Waals surface area (Å²) in [6, 6.07) is 5.50. The quantitative estimate of drug-likeness (QED) is 0.818. The van der Waals surface area contributed by atoms with Gasteiger partial charge in [0.1, 0.15) is 5.75 Å². The van der Waals surface area contributed by atoms with Gasteiger partial charge in [0.15, 0.2) is 0 Å². The van der Waals surface area contributed by atoms with Gasteiger partial charge in [-0.15, -0.1) is 0 Å². The number of hydrogen-bond acceptors (Lipinski definition) is 4. The monoisotopic (exact) mass is 277 g/mol. The molecule has 1 aliphatic rings. The van der Waals surface area contributed by atoms with Gasteiger partial charge in [-0.3, -0.25) is 4.79 Å². The van der Waals surface area contributed by atoms with Crippen molar-refractivity contribution in [2.24, 2.45) is 0 Å². The van der Waals surface area contributed by atoms with Crippen LogP contribution >= 0.6 is 0 Å². The van der Waals surface area contributed by atoms with Crippen LogP contribution in [-0.2, 0) is 0 Å². The molecule has 1 heterocycles. The third-order valence-corrected chi connectivity index (χ3v) is 3.85. The van der Waals surface area contributed by atoms with Gasteiger partial charge in [-0.05, 0) is 38.6 Å². The Morgan fingerprint density at radius 1 is 1.45 bits per heavy atom. The van der Waals surface area contributed by atoms with Crippen LogP contribution in [-0.4, -0.2) is 44.1 Å². The molecule has 0 spiro atoms. The van der Waals surface area contributed by atoms with Crippen molar-refractivity contribution in [3.63, 3.8) is 0 Å². The zero-order valence-corrected chi connectivity index (χ0v) is 12.2. The molecule has 5 nitrogen and oxygen atoms in total. The van der Waals surface area contributed by atoms with E-state index in [0.29, 0.717) is 29.6 Å². The fourth-order valence-corrected chi connectivity index (χ4v) is 2.59. The lowest BCUT2D eigenvalue weighted by Gasteiger charge is -2.32. The highest BCUT2D eigenvalue weighted by atomic mass is 16.5. The molecule has 0 bridgehead atoms. The number of rotatable bonds is 4. The number of hydrogen-bond donors (Lipinski definition) is 2. The summed E-state index contributed by atoms with van der Waals surface area (Å²) in [6.07, 6.45) is 3.61. The second-order valence-electron chi connectivity index (χ2n) is 5.34. The first-order chi connectivity index (χ1) is 9.60. The maximum Gasteiger partial charge on any atom is 0.251 e.